The highest BCUT2D eigenvalue weighted by molar-refractivity contribution is 6.33. The predicted octanol–water partition coefficient (Wildman–Crippen LogP) is 4.35. The van der Waals surface area contributed by atoms with Crippen LogP contribution in [-0.4, -0.2) is 10.5 Å². The summed E-state index contributed by atoms with van der Waals surface area (Å²) in [6, 6.07) is 0.903. The molecule has 6 heteroatoms. The van der Waals surface area contributed by atoms with Crippen LogP contribution in [0.2, 0.25) is 5.02 Å². The van der Waals surface area contributed by atoms with E-state index in [1.165, 1.54) is 0 Å². The third-order valence-corrected chi connectivity index (χ3v) is 3.50. The number of halogens is 4. The quantitative estimate of drug-likeness (QED) is 0.889. The first-order chi connectivity index (χ1) is 8.20. The monoisotopic (exact) mass is 278 g/mol. The van der Waals surface area contributed by atoms with Gasteiger partial charge in [0.2, 0.25) is 0 Å². The van der Waals surface area contributed by atoms with Crippen LogP contribution in [0.4, 0.5) is 19.0 Å². The number of anilines is 1. The van der Waals surface area contributed by atoms with E-state index in [4.69, 9.17) is 11.6 Å². The fraction of sp³-hybridized carbons (Fsp3) is 0.583. The molecule has 0 unspecified atom stereocenters. The summed E-state index contributed by atoms with van der Waals surface area (Å²) < 4.78 is 37.4. The highest BCUT2D eigenvalue weighted by Crippen LogP contribution is 2.42. The average Bonchev–Trinajstić information content (AvgIpc) is 3.02. The van der Waals surface area contributed by atoms with Crippen LogP contribution in [0.25, 0.3) is 0 Å². The number of nitrogens with one attached hydrogen (secondary N) is 1. The summed E-state index contributed by atoms with van der Waals surface area (Å²) in [5.74, 6) is 0.833. The molecule has 1 aliphatic rings. The average molecular weight is 279 g/mol. The molecule has 1 aromatic rings. The van der Waals surface area contributed by atoms with Crippen molar-refractivity contribution in [3.63, 3.8) is 0 Å². The number of pyridine rings is 1. The maximum absolute atomic E-state index is 12.5. The van der Waals surface area contributed by atoms with Crippen molar-refractivity contribution in [3.8, 4) is 0 Å². The lowest BCUT2D eigenvalue weighted by atomic mass is 9.99. The third-order valence-electron chi connectivity index (χ3n) is 3.21. The molecule has 1 fully saturated rings. The second kappa shape index (κ2) is 4.30. The number of hydrogen-bond donors (Lipinski definition) is 1. The molecular formula is C12H14ClF3N2. The molecular weight excluding hydrogens is 265 g/mol. The van der Waals surface area contributed by atoms with Crippen molar-refractivity contribution in [3.05, 3.63) is 22.8 Å². The highest BCUT2D eigenvalue weighted by Gasteiger charge is 2.38. The van der Waals surface area contributed by atoms with Gasteiger partial charge in [-0.2, -0.15) is 13.2 Å². The van der Waals surface area contributed by atoms with E-state index in [1.807, 2.05) is 13.8 Å². The first-order valence-electron chi connectivity index (χ1n) is 5.71. The first kappa shape index (κ1) is 13.5. The minimum atomic E-state index is -4.42. The number of rotatable bonds is 3. The van der Waals surface area contributed by atoms with Crippen LogP contribution in [0.3, 0.4) is 0 Å². The number of nitrogens with zero attached hydrogens (tertiary/aromatic N) is 1. The lowest BCUT2D eigenvalue weighted by Gasteiger charge is -2.27. The minimum Gasteiger partial charge on any atom is -0.364 e. The zero-order chi connectivity index (χ0) is 13.6. The lowest BCUT2D eigenvalue weighted by Crippen LogP contribution is -2.33. The van der Waals surface area contributed by atoms with Crippen molar-refractivity contribution < 1.29 is 13.2 Å². The molecule has 0 radical (unpaired) electrons. The molecule has 0 aromatic carbocycles. The van der Waals surface area contributed by atoms with Crippen molar-refractivity contribution in [1.82, 2.24) is 4.98 Å². The summed E-state index contributed by atoms with van der Waals surface area (Å²) in [6.45, 7) is 4.00. The van der Waals surface area contributed by atoms with Crippen molar-refractivity contribution in [1.29, 1.82) is 0 Å². The molecule has 1 aliphatic carbocycles. The summed E-state index contributed by atoms with van der Waals surface area (Å²) in [7, 11) is 0. The summed E-state index contributed by atoms with van der Waals surface area (Å²) >= 11 is 5.84. The smallest absolute Gasteiger partial charge is 0.364 e. The van der Waals surface area contributed by atoms with Gasteiger partial charge in [0.15, 0.2) is 0 Å². The van der Waals surface area contributed by atoms with Gasteiger partial charge in [0.1, 0.15) is 5.82 Å². The zero-order valence-electron chi connectivity index (χ0n) is 10.1. The molecule has 1 saturated carbocycles. The van der Waals surface area contributed by atoms with Gasteiger partial charge in [-0.3, -0.25) is 0 Å². The molecule has 0 saturated heterocycles. The van der Waals surface area contributed by atoms with Crippen molar-refractivity contribution in [2.75, 3.05) is 5.32 Å². The molecule has 0 bridgehead atoms. The summed E-state index contributed by atoms with van der Waals surface area (Å²) in [6.07, 6.45) is -1.37. The fourth-order valence-corrected chi connectivity index (χ4v) is 2.11. The Labute approximate surface area is 109 Å². The molecule has 18 heavy (non-hydrogen) atoms. The minimum absolute atomic E-state index is 0.00134. The molecule has 0 aliphatic heterocycles. The van der Waals surface area contributed by atoms with E-state index in [1.54, 1.807) is 0 Å². The molecule has 0 atom stereocenters. The normalized spacial score (nSPS) is 16.8. The van der Waals surface area contributed by atoms with Crippen LogP contribution >= 0.6 is 11.6 Å². The van der Waals surface area contributed by atoms with Crippen molar-refractivity contribution in [2.45, 2.75) is 38.4 Å². The Bertz CT molecular complexity index is 453. The van der Waals surface area contributed by atoms with Gasteiger partial charge in [-0.15, -0.1) is 0 Å². The van der Waals surface area contributed by atoms with E-state index in [2.05, 4.69) is 10.3 Å². The second-order valence-corrected chi connectivity index (χ2v) is 5.58. The largest absolute Gasteiger partial charge is 0.417 e. The molecule has 0 spiro atoms. The van der Waals surface area contributed by atoms with Gasteiger partial charge in [-0.25, -0.2) is 4.98 Å². The van der Waals surface area contributed by atoms with Gasteiger partial charge in [0.05, 0.1) is 10.6 Å². The number of alkyl halides is 3. The van der Waals surface area contributed by atoms with E-state index >= 15 is 0 Å². The Morgan fingerprint density at radius 3 is 2.39 bits per heavy atom. The molecule has 100 valence electrons. The number of aromatic nitrogens is 1. The Kier molecular flexibility index (Phi) is 3.21. The van der Waals surface area contributed by atoms with Crippen molar-refractivity contribution >= 4 is 17.4 Å². The maximum Gasteiger partial charge on any atom is 0.417 e. The van der Waals surface area contributed by atoms with Gasteiger partial charge in [0.25, 0.3) is 0 Å². The summed E-state index contributed by atoms with van der Waals surface area (Å²) in [5.41, 5.74) is -1.03. The highest BCUT2D eigenvalue weighted by atomic mass is 35.5. The Hall–Kier alpha value is -0.970. The van der Waals surface area contributed by atoms with Crippen LogP contribution < -0.4 is 5.32 Å². The van der Waals surface area contributed by atoms with Gasteiger partial charge in [0, 0.05) is 11.7 Å². The Morgan fingerprint density at radius 1 is 1.33 bits per heavy atom. The van der Waals surface area contributed by atoms with E-state index in [-0.39, 0.29) is 10.6 Å². The Balaban J connectivity index is 2.20. The first-order valence-corrected chi connectivity index (χ1v) is 6.09. The van der Waals surface area contributed by atoms with Crippen LogP contribution in [0, 0.1) is 5.92 Å². The molecule has 0 amide bonds. The fourth-order valence-electron chi connectivity index (χ4n) is 1.90. The van der Waals surface area contributed by atoms with Crippen LogP contribution in [0.1, 0.15) is 32.3 Å². The second-order valence-electron chi connectivity index (χ2n) is 5.17. The standard InChI is InChI=1S/C12H14ClF3N2/c1-11(2,7-3-4-7)18-10-9(13)5-8(6-17-10)12(14,15)16/h5-7H,3-4H2,1-2H3,(H,17,18). The SMILES string of the molecule is CC(C)(Nc1ncc(C(F)(F)F)cc1Cl)C1CC1. The van der Waals surface area contributed by atoms with E-state index in [0.717, 1.165) is 25.1 Å². The van der Waals surface area contributed by atoms with E-state index in [0.29, 0.717) is 11.7 Å². The topological polar surface area (TPSA) is 24.9 Å². The van der Waals surface area contributed by atoms with Crippen molar-refractivity contribution in [2.24, 2.45) is 5.92 Å². The van der Waals surface area contributed by atoms with E-state index < -0.39 is 11.7 Å². The lowest BCUT2D eigenvalue weighted by molar-refractivity contribution is -0.137. The summed E-state index contributed by atoms with van der Waals surface area (Å²) in [5, 5.41) is 3.12. The molecule has 1 aromatic heterocycles. The predicted molar refractivity (Wildman–Crippen MR) is 64.7 cm³/mol. The molecule has 1 heterocycles. The molecule has 2 rings (SSSR count). The maximum atomic E-state index is 12.5. The summed E-state index contributed by atoms with van der Waals surface area (Å²) in [4.78, 5) is 3.78. The third kappa shape index (κ3) is 2.88. The number of hydrogen-bond acceptors (Lipinski definition) is 2. The van der Waals surface area contributed by atoms with Gasteiger partial charge < -0.3 is 5.32 Å². The van der Waals surface area contributed by atoms with Crippen LogP contribution in [-0.2, 0) is 6.18 Å². The Morgan fingerprint density at radius 2 is 1.94 bits per heavy atom. The van der Waals surface area contributed by atoms with Gasteiger partial charge in [-0.05, 0) is 38.7 Å². The van der Waals surface area contributed by atoms with E-state index in [9.17, 15) is 13.2 Å². The molecule has 2 nitrogen and oxygen atoms in total. The van der Waals surface area contributed by atoms with Gasteiger partial charge >= 0.3 is 6.18 Å². The van der Waals surface area contributed by atoms with Gasteiger partial charge in [-0.1, -0.05) is 11.6 Å². The zero-order valence-corrected chi connectivity index (χ0v) is 10.9. The molecule has 1 N–H and O–H groups in total. The van der Waals surface area contributed by atoms with Crippen LogP contribution in [0.15, 0.2) is 12.3 Å². The van der Waals surface area contributed by atoms with Crippen LogP contribution in [0.5, 0.6) is 0 Å².